The van der Waals surface area contributed by atoms with Gasteiger partial charge in [0.25, 0.3) is 0 Å². The summed E-state index contributed by atoms with van der Waals surface area (Å²) >= 11 is 0. The van der Waals surface area contributed by atoms with Crippen LogP contribution in [0.1, 0.15) is 36.5 Å². The molecule has 0 radical (unpaired) electrons. The van der Waals surface area contributed by atoms with E-state index in [9.17, 15) is 10.1 Å². The molecule has 2 rings (SSSR count). The summed E-state index contributed by atoms with van der Waals surface area (Å²) in [6.07, 6.45) is 3.26. The minimum Gasteiger partial charge on any atom is -0.493 e. The molecular formula is C20H25N3O4. The van der Waals surface area contributed by atoms with Crippen LogP contribution >= 0.6 is 0 Å². The molecule has 0 fully saturated rings. The smallest absolute Gasteiger partial charge is 0.315 e. The van der Waals surface area contributed by atoms with Gasteiger partial charge in [-0.1, -0.05) is 19.4 Å². The van der Waals surface area contributed by atoms with Crippen molar-refractivity contribution in [3.05, 3.63) is 57.1 Å². The van der Waals surface area contributed by atoms with Gasteiger partial charge < -0.3 is 9.47 Å². The average Bonchev–Trinajstić information content (AvgIpc) is 2.65. The van der Waals surface area contributed by atoms with Crippen molar-refractivity contribution in [1.82, 2.24) is 0 Å². The molecule has 0 heterocycles. The first-order valence-electron chi connectivity index (χ1n) is 8.81. The van der Waals surface area contributed by atoms with E-state index in [-0.39, 0.29) is 11.4 Å². The normalized spacial score (nSPS) is 10.8. The summed E-state index contributed by atoms with van der Waals surface area (Å²) in [4.78, 5) is 11.0. The van der Waals surface area contributed by atoms with Crippen LogP contribution in [0.2, 0.25) is 0 Å². The number of nitro benzene ring substituents is 1. The second kappa shape index (κ2) is 9.56. The Morgan fingerprint density at radius 2 is 2.00 bits per heavy atom. The van der Waals surface area contributed by atoms with Gasteiger partial charge in [-0.3, -0.25) is 15.5 Å². The van der Waals surface area contributed by atoms with Crippen molar-refractivity contribution in [1.29, 1.82) is 0 Å². The van der Waals surface area contributed by atoms with Gasteiger partial charge in [-0.25, -0.2) is 0 Å². The summed E-state index contributed by atoms with van der Waals surface area (Å²) in [5.41, 5.74) is 6.52. The van der Waals surface area contributed by atoms with Gasteiger partial charge in [0.15, 0.2) is 5.75 Å². The summed E-state index contributed by atoms with van der Waals surface area (Å²) in [6, 6.07) is 9.01. The third-order valence-electron chi connectivity index (χ3n) is 4.13. The van der Waals surface area contributed by atoms with Crippen LogP contribution in [0, 0.1) is 24.0 Å². The Bertz CT molecular complexity index is 834. The number of ether oxygens (including phenoxy) is 2. The fourth-order valence-electron chi connectivity index (χ4n) is 2.43. The molecule has 0 aliphatic heterocycles. The molecule has 0 bridgehead atoms. The number of nitrogens with one attached hydrogen (secondary N) is 1. The molecule has 0 saturated heterocycles. The molecule has 0 amide bonds. The topological polar surface area (TPSA) is 86.0 Å². The van der Waals surface area contributed by atoms with E-state index in [1.54, 1.807) is 6.07 Å². The number of hydrazone groups is 1. The van der Waals surface area contributed by atoms with Gasteiger partial charge in [-0.15, -0.1) is 0 Å². The summed E-state index contributed by atoms with van der Waals surface area (Å²) < 4.78 is 10.9. The number of unbranched alkanes of at least 4 members (excludes halogenated alkanes) is 1. The lowest BCUT2D eigenvalue weighted by atomic mass is 10.1. The van der Waals surface area contributed by atoms with Crippen LogP contribution in [0.4, 0.5) is 11.4 Å². The van der Waals surface area contributed by atoms with Crippen LogP contribution < -0.4 is 14.9 Å². The molecule has 2 aromatic rings. The Kier molecular flexibility index (Phi) is 7.16. The predicted molar refractivity (Wildman–Crippen MR) is 107 cm³/mol. The maximum absolute atomic E-state index is 11.4. The zero-order valence-corrected chi connectivity index (χ0v) is 16.1. The number of nitrogens with zero attached hydrogens (tertiary/aromatic N) is 2. The van der Waals surface area contributed by atoms with Crippen molar-refractivity contribution in [2.75, 3.05) is 19.1 Å². The van der Waals surface area contributed by atoms with Gasteiger partial charge in [-0.05, 0) is 49.6 Å². The van der Waals surface area contributed by atoms with E-state index < -0.39 is 4.92 Å². The van der Waals surface area contributed by atoms with E-state index in [2.05, 4.69) is 10.5 Å². The highest BCUT2D eigenvalue weighted by Crippen LogP contribution is 2.38. The molecule has 2 aromatic carbocycles. The molecule has 1 N–H and O–H groups in total. The van der Waals surface area contributed by atoms with Crippen LogP contribution in [-0.2, 0) is 0 Å². The van der Waals surface area contributed by atoms with E-state index in [0.29, 0.717) is 17.9 Å². The van der Waals surface area contributed by atoms with Crippen LogP contribution in [-0.4, -0.2) is 24.9 Å². The van der Waals surface area contributed by atoms with Crippen LogP contribution in [0.15, 0.2) is 35.4 Å². The Balaban J connectivity index is 2.24. The van der Waals surface area contributed by atoms with E-state index in [0.717, 1.165) is 24.1 Å². The Morgan fingerprint density at radius 1 is 1.22 bits per heavy atom. The van der Waals surface area contributed by atoms with Gasteiger partial charge in [0.05, 0.1) is 30.5 Å². The first kappa shape index (κ1) is 20.2. The highest BCUT2D eigenvalue weighted by Gasteiger charge is 2.22. The summed E-state index contributed by atoms with van der Waals surface area (Å²) in [7, 11) is 1.46. The Labute approximate surface area is 159 Å². The highest BCUT2D eigenvalue weighted by atomic mass is 16.6. The number of hydrogen-bond acceptors (Lipinski definition) is 6. The maximum Gasteiger partial charge on any atom is 0.315 e. The summed E-state index contributed by atoms with van der Waals surface area (Å²) in [5.74, 6) is 0.461. The third-order valence-corrected chi connectivity index (χ3v) is 4.13. The average molecular weight is 371 g/mol. The molecule has 0 atom stereocenters. The van der Waals surface area contributed by atoms with Gasteiger partial charge in [0.1, 0.15) is 0 Å². The lowest BCUT2D eigenvalue weighted by Gasteiger charge is -2.11. The SMILES string of the molecule is CCCCOc1c(OC)cc(/C=N/Nc2ccc(C)c(C)c2)cc1[N+](=O)[O-]. The number of benzene rings is 2. The summed E-state index contributed by atoms with van der Waals surface area (Å²) in [6.45, 7) is 6.49. The van der Waals surface area contributed by atoms with Gasteiger partial charge >= 0.3 is 5.69 Å². The first-order valence-corrected chi connectivity index (χ1v) is 8.81. The van der Waals surface area contributed by atoms with Gasteiger partial charge in [0, 0.05) is 11.6 Å². The minimum absolute atomic E-state index is 0.141. The van der Waals surface area contributed by atoms with E-state index >= 15 is 0 Å². The molecule has 7 nitrogen and oxygen atoms in total. The lowest BCUT2D eigenvalue weighted by Crippen LogP contribution is -2.03. The van der Waals surface area contributed by atoms with Crippen molar-refractivity contribution in [2.45, 2.75) is 33.6 Å². The van der Waals surface area contributed by atoms with E-state index in [4.69, 9.17) is 9.47 Å². The number of anilines is 1. The summed E-state index contributed by atoms with van der Waals surface area (Å²) in [5, 5.41) is 15.6. The van der Waals surface area contributed by atoms with Crippen LogP contribution in [0.3, 0.4) is 0 Å². The van der Waals surface area contributed by atoms with Crippen molar-refractivity contribution in [3.8, 4) is 11.5 Å². The van der Waals surface area contributed by atoms with Crippen molar-refractivity contribution < 1.29 is 14.4 Å². The fraction of sp³-hybridized carbons (Fsp3) is 0.350. The first-order chi connectivity index (χ1) is 13.0. The number of rotatable bonds is 9. The molecule has 0 spiro atoms. The Morgan fingerprint density at radius 3 is 2.63 bits per heavy atom. The van der Waals surface area contributed by atoms with Crippen LogP contribution in [0.5, 0.6) is 11.5 Å². The van der Waals surface area contributed by atoms with E-state index in [1.165, 1.54) is 25.0 Å². The number of aryl methyl sites for hydroxylation is 2. The molecule has 0 unspecified atom stereocenters. The second-order valence-electron chi connectivity index (χ2n) is 6.20. The number of nitro groups is 1. The van der Waals surface area contributed by atoms with Crippen molar-refractivity contribution in [3.63, 3.8) is 0 Å². The molecule has 144 valence electrons. The quantitative estimate of drug-likeness (QED) is 0.295. The fourth-order valence-corrected chi connectivity index (χ4v) is 2.43. The molecular weight excluding hydrogens is 346 g/mol. The molecule has 0 aromatic heterocycles. The Hall–Kier alpha value is -3.09. The monoisotopic (exact) mass is 371 g/mol. The van der Waals surface area contributed by atoms with Crippen molar-refractivity contribution in [2.24, 2.45) is 5.10 Å². The standard InChI is InChI=1S/C20H25N3O4/c1-5-6-9-27-20-18(23(24)25)11-16(12-19(20)26-4)13-21-22-17-8-7-14(2)15(3)10-17/h7-8,10-13,22H,5-6,9H2,1-4H3/b21-13+. The zero-order chi connectivity index (χ0) is 19.8. The largest absolute Gasteiger partial charge is 0.493 e. The third kappa shape index (κ3) is 5.44. The number of methoxy groups -OCH3 is 1. The molecule has 27 heavy (non-hydrogen) atoms. The highest BCUT2D eigenvalue weighted by molar-refractivity contribution is 5.83. The molecule has 0 saturated carbocycles. The van der Waals surface area contributed by atoms with Gasteiger partial charge in [-0.2, -0.15) is 5.10 Å². The number of hydrogen-bond donors (Lipinski definition) is 1. The van der Waals surface area contributed by atoms with Gasteiger partial charge in [0.2, 0.25) is 5.75 Å². The lowest BCUT2D eigenvalue weighted by molar-refractivity contribution is -0.386. The molecule has 0 aliphatic carbocycles. The zero-order valence-electron chi connectivity index (χ0n) is 16.1. The molecule has 0 aliphatic rings. The van der Waals surface area contributed by atoms with E-state index in [1.807, 2.05) is 39.0 Å². The molecule has 7 heteroatoms. The second-order valence-corrected chi connectivity index (χ2v) is 6.20. The van der Waals surface area contributed by atoms with Crippen molar-refractivity contribution >= 4 is 17.6 Å². The van der Waals surface area contributed by atoms with Crippen LogP contribution in [0.25, 0.3) is 0 Å². The maximum atomic E-state index is 11.4. The minimum atomic E-state index is -0.474. The predicted octanol–water partition coefficient (Wildman–Crippen LogP) is 4.85.